The standard InChI is InChI=1S/C21H13ClF2N4O3S/c1-31-21-19(9-14(22)10-26-21)32(29,30)27-18-5-4-17(23)16(20(18)24)3-2-13-6-7-28-12-25-11-15(28)8-13/h4-12,27H,1H3. The van der Waals surface area contributed by atoms with Gasteiger partial charge in [-0.25, -0.2) is 27.2 Å². The molecule has 3 heterocycles. The summed E-state index contributed by atoms with van der Waals surface area (Å²) in [6.07, 6.45) is 6.12. The van der Waals surface area contributed by atoms with Gasteiger partial charge in [0.25, 0.3) is 10.0 Å². The van der Waals surface area contributed by atoms with E-state index in [-0.39, 0.29) is 10.9 Å². The number of hydrogen-bond donors (Lipinski definition) is 1. The van der Waals surface area contributed by atoms with Crippen molar-refractivity contribution < 1.29 is 21.9 Å². The van der Waals surface area contributed by atoms with Gasteiger partial charge in [-0.05, 0) is 30.3 Å². The van der Waals surface area contributed by atoms with Crippen molar-refractivity contribution in [2.24, 2.45) is 0 Å². The van der Waals surface area contributed by atoms with Crippen LogP contribution in [0.25, 0.3) is 5.52 Å². The molecule has 3 aromatic heterocycles. The van der Waals surface area contributed by atoms with E-state index in [0.29, 0.717) is 5.56 Å². The minimum absolute atomic E-state index is 0.0347. The zero-order chi connectivity index (χ0) is 22.9. The number of benzene rings is 1. The van der Waals surface area contributed by atoms with Crippen molar-refractivity contribution in [3.8, 4) is 17.7 Å². The predicted molar refractivity (Wildman–Crippen MR) is 114 cm³/mol. The summed E-state index contributed by atoms with van der Waals surface area (Å²) >= 11 is 5.83. The first-order valence-corrected chi connectivity index (χ1v) is 10.8. The van der Waals surface area contributed by atoms with Crippen molar-refractivity contribution in [2.45, 2.75) is 4.90 Å². The topological polar surface area (TPSA) is 85.6 Å². The number of pyridine rings is 2. The summed E-state index contributed by atoms with van der Waals surface area (Å²) in [6.45, 7) is 0. The van der Waals surface area contributed by atoms with Crippen molar-refractivity contribution in [2.75, 3.05) is 11.8 Å². The zero-order valence-electron chi connectivity index (χ0n) is 16.3. The first kappa shape index (κ1) is 21.5. The number of hydrogen-bond acceptors (Lipinski definition) is 5. The number of aromatic nitrogens is 3. The van der Waals surface area contributed by atoms with Crippen molar-refractivity contribution in [1.29, 1.82) is 0 Å². The van der Waals surface area contributed by atoms with Gasteiger partial charge < -0.3 is 9.14 Å². The number of anilines is 1. The Bertz CT molecular complexity index is 1510. The number of sulfonamides is 1. The molecule has 7 nitrogen and oxygen atoms in total. The molecule has 0 aliphatic rings. The Balaban J connectivity index is 1.71. The summed E-state index contributed by atoms with van der Waals surface area (Å²) in [5.74, 6) is 2.76. The Labute approximate surface area is 186 Å². The number of rotatable bonds is 4. The van der Waals surface area contributed by atoms with Gasteiger partial charge in [-0.2, -0.15) is 0 Å². The van der Waals surface area contributed by atoms with E-state index in [9.17, 15) is 17.2 Å². The third kappa shape index (κ3) is 4.21. The van der Waals surface area contributed by atoms with E-state index >= 15 is 0 Å². The van der Waals surface area contributed by atoms with Gasteiger partial charge in [-0.15, -0.1) is 0 Å². The number of ether oxygens (including phenoxy) is 1. The molecule has 4 rings (SSSR count). The van der Waals surface area contributed by atoms with Crippen molar-refractivity contribution in [1.82, 2.24) is 14.4 Å². The van der Waals surface area contributed by atoms with Crippen LogP contribution in [0.2, 0.25) is 5.02 Å². The Hall–Kier alpha value is -3.68. The fraction of sp³-hybridized carbons (Fsp3) is 0.0476. The average molecular weight is 475 g/mol. The van der Waals surface area contributed by atoms with Crippen LogP contribution in [0.4, 0.5) is 14.5 Å². The van der Waals surface area contributed by atoms with Crippen LogP contribution in [-0.2, 0) is 10.0 Å². The van der Waals surface area contributed by atoms with Crippen LogP contribution >= 0.6 is 11.6 Å². The lowest BCUT2D eigenvalue weighted by atomic mass is 10.1. The smallest absolute Gasteiger partial charge is 0.267 e. The lowest BCUT2D eigenvalue weighted by Gasteiger charge is -2.12. The van der Waals surface area contributed by atoms with Crippen LogP contribution in [0.3, 0.4) is 0 Å². The van der Waals surface area contributed by atoms with E-state index in [1.807, 2.05) is 0 Å². The van der Waals surface area contributed by atoms with E-state index in [4.69, 9.17) is 16.3 Å². The van der Waals surface area contributed by atoms with Crippen LogP contribution in [-0.4, -0.2) is 29.9 Å². The second-order valence-corrected chi connectivity index (χ2v) is 8.53. The van der Waals surface area contributed by atoms with E-state index in [2.05, 4.69) is 26.5 Å². The molecule has 1 aromatic carbocycles. The van der Waals surface area contributed by atoms with Gasteiger partial charge in [-0.1, -0.05) is 23.4 Å². The van der Waals surface area contributed by atoms with E-state index in [1.165, 1.54) is 13.3 Å². The monoisotopic (exact) mass is 474 g/mol. The highest BCUT2D eigenvalue weighted by Gasteiger charge is 2.24. The Morgan fingerprint density at radius 2 is 1.97 bits per heavy atom. The fourth-order valence-electron chi connectivity index (χ4n) is 2.83. The Morgan fingerprint density at radius 1 is 1.16 bits per heavy atom. The summed E-state index contributed by atoms with van der Waals surface area (Å²) in [6, 6.07) is 6.32. The summed E-state index contributed by atoms with van der Waals surface area (Å²) in [5.41, 5.74) is 0.166. The van der Waals surface area contributed by atoms with E-state index < -0.39 is 37.8 Å². The van der Waals surface area contributed by atoms with Gasteiger partial charge in [0.2, 0.25) is 5.88 Å². The molecule has 4 aromatic rings. The number of imidazole rings is 1. The molecule has 11 heteroatoms. The summed E-state index contributed by atoms with van der Waals surface area (Å²) in [4.78, 5) is 7.36. The van der Waals surface area contributed by atoms with Crippen LogP contribution in [0.1, 0.15) is 11.1 Å². The predicted octanol–water partition coefficient (Wildman–Crippen LogP) is 3.87. The second kappa shape index (κ2) is 8.45. The van der Waals surface area contributed by atoms with Gasteiger partial charge in [0.15, 0.2) is 10.7 Å². The quantitative estimate of drug-likeness (QED) is 0.454. The molecule has 0 aliphatic carbocycles. The van der Waals surface area contributed by atoms with Crippen molar-refractivity contribution in [3.63, 3.8) is 0 Å². The number of nitrogens with one attached hydrogen (secondary N) is 1. The Kier molecular flexibility index (Phi) is 5.69. The number of nitrogens with zero attached hydrogens (tertiary/aromatic N) is 3. The lowest BCUT2D eigenvalue weighted by molar-refractivity contribution is 0.385. The summed E-state index contributed by atoms with van der Waals surface area (Å²) in [7, 11) is -3.13. The largest absolute Gasteiger partial charge is 0.480 e. The third-order valence-electron chi connectivity index (χ3n) is 4.35. The molecule has 0 bridgehead atoms. The molecule has 0 spiro atoms. The molecule has 0 saturated heterocycles. The number of methoxy groups -OCH3 is 1. The van der Waals surface area contributed by atoms with Crippen LogP contribution < -0.4 is 9.46 Å². The molecule has 0 aliphatic heterocycles. The van der Waals surface area contributed by atoms with Gasteiger partial charge in [0.1, 0.15) is 5.82 Å². The molecular weight excluding hydrogens is 462 g/mol. The molecule has 162 valence electrons. The third-order valence-corrected chi connectivity index (χ3v) is 5.92. The lowest BCUT2D eigenvalue weighted by Crippen LogP contribution is -2.16. The minimum atomic E-state index is -4.36. The maximum Gasteiger partial charge on any atom is 0.267 e. The van der Waals surface area contributed by atoms with Gasteiger partial charge in [0, 0.05) is 18.0 Å². The molecule has 32 heavy (non-hydrogen) atoms. The maximum absolute atomic E-state index is 15.0. The first-order chi connectivity index (χ1) is 15.3. The van der Waals surface area contributed by atoms with Gasteiger partial charge in [-0.3, -0.25) is 4.72 Å². The van der Waals surface area contributed by atoms with Crippen LogP contribution in [0, 0.1) is 23.5 Å². The second-order valence-electron chi connectivity index (χ2n) is 6.44. The Morgan fingerprint density at radius 3 is 2.75 bits per heavy atom. The van der Waals surface area contributed by atoms with Crippen LogP contribution in [0.15, 0.2) is 60.1 Å². The summed E-state index contributed by atoms with van der Waals surface area (Å²) in [5, 5.41) is 0.0347. The average Bonchev–Trinajstić information content (AvgIpc) is 3.23. The maximum atomic E-state index is 15.0. The van der Waals surface area contributed by atoms with E-state index in [0.717, 1.165) is 23.7 Å². The minimum Gasteiger partial charge on any atom is -0.480 e. The van der Waals surface area contributed by atoms with Gasteiger partial charge in [0.05, 0.1) is 41.4 Å². The molecular formula is C21H13ClF2N4O3S. The van der Waals surface area contributed by atoms with Gasteiger partial charge >= 0.3 is 0 Å². The highest BCUT2D eigenvalue weighted by Crippen LogP contribution is 2.28. The first-order valence-electron chi connectivity index (χ1n) is 8.92. The van der Waals surface area contributed by atoms with E-state index in [1.54, 1.807) is 35.3 Å². The molecule has 0 fully saturated rings. The molecule has 0 radical (unpaired) electrons. The number of fused-ring (bicyclic) bond motifs is 1. The molecule has 1 N–H and O–H groups in total. The SMILES string of the molecule is COc1ncc(Cl)cc1S(=O)(=O)Nc1ccc(F)c(C#Cc2ccn3cncc3c2)c1F. The summed E-state index contributed by atoms with van der Waals surface area (Å²) < 4.78 is 63.6. The highest BCUT2D eigenvalue weighted by molar-refractivity contribution is 7.92. The van der Waals surface area contributed by atoms with Crippen molar-refractivity contribution in [3.05, 3.63) is 83.0 Å². The highest BCUT2D eigenvalue weighted by atomic mass is 35.5. The van der Waals surface area contributed by atoms with Crippen LogP contribution in [0.5, 0.6) is 5.88 Å². The molecule has 0 saturated carbocycles. The normalized spacial score (nSPS) is 11.1. The fourth-order valence-corrected chi connectivity index (χ4v) is 4.26. The number of halogens is 3. The zero-order valence-corrected chi connectivity index (χ0v) is 17.9. The van der Waals surface area contributed by atoms with Crippen molar-refractivity contribution >= 4 is 32.8 Å². The molecule has 0 amide bonds. The molecule has 0 atom stereocenters. The molecule has 0 unspecified atom stereocenters.